The normalized spacial score (nSPS) is 30.7. The Bertz CT molecular complexity index is 103. The highest BCUT2D eigenvalue weighted by Crippen LogP contribution is 2.20. The standard InChI is InChI=1S/C10H18/c1-2-10-8-6-4-3-5-7-9-10/h4,6,10H,2-3,5,7-9H2,1H3/b6-4-. The van der Waals surface area contributed by atoms with E-state index >= 15 is 0 Å². The summed E-state index contributed by atoms with van der Waals surface area (Å²) in [6.45, 7) is 2.31. The summed E-state index contributed by atoms with van der Waals surface area (Å²) in [7, 11) is 0. The number of hydrogen-bond donors (Lipinski definition) is 0. The van der Waals surface area contributed by atoms with Gasteiger partial charge in [0.15, 0.2) is 0 Å². The SMILES string of the molecule is CCC1C/C=C\CCCC1. The molecule has 0 spiro atoms. The Morgan fingerprint density at radius 2 is 2.20 bits per heavy atom. The van der Waals surface area contributed by atoms with Crippen LogP contribution in [0.5, 0.6) is 0 Å². The molecule has 0 radical (unpaired) electrons. The van der Waals surface area contributed by atoms with E-state index in [-0.39, 0.29) is 0 Å². The van der Waals surface area contributed by atoms with Crippen molar-refractivity contribution >= 4 is 0 Å². The largest absolute Gasteiger partial charge is 0.0885 e. The molecule has 0 aromatic rings. The van der Waals surface area contributed by atoms with Crippen molar-refractivity contribution in [1.29, 1.82) is 0 Å². The molecule has 1 atom stereocenters. The molecule has 0 saturated carbocycles. The van der Waals surface area contributed by atoms with Gasteiger partial charge in [-0.2, -0.15) is 0 Å². The third kappa shape index (κ3) is 2.55. The first-order valence-corrected chi connectivity index (χ1v) is 4.58. The average Bonchev–Trinajstić information content (AvgIpc) is 1.87. The lowest BCUT2D eigenvalue weighted by molar-refractivity contribution is 0.445. The second-order valence-electron chi connectivity index (χ2n) is 3.27. The molecule has 0 aromatic carbocycles. The molecule has 0 N–H and O–H groups in total. The first-order valence-electron chi connectivity index (χ1n) is 4.58. The second-order valence-corrected chi connectivity index (χ2v) is 3.27. The van der Waals surface area contributed by atoms with Crippen LogP contribution in [0.3, 0.4) is 0 Å². The Labute approximate surface area is 64.3 Å². The van der Waals surface area contributed by atoms with E-state index in [0.29, 0.717) is 0 Å². The van der Waals surface area contributed by atoms with Crippen molar-refractivity contribution in [2.45, 2.75) is 45.4 Å². The van der Waals surface area contributed by atoms with Gasteiger partial charge < -0.3 is 0 Å². The minimum absolute atomic E-state index is 0.983. The summed E-state index contributed by atoms with van der Waals surface area (Å²) in [6, 6.07) is 0. The van der Waals surface area contributed by atoms with Crippen LogP contribution >= 0.6 is 0 Å². The Morgan fingerprint density at radius 1 is 1.30 bits per heavy atom. The summed E-state index contributed by atoms with van der Waals surface area (Å²) < 4.78 is 0. The fourth-order valence-corrected chi connectivity index (χ4v) is 1.59. The molecule has 58 valence electrons. The first-order chi connectivity index (χ1) is 4.93. The van der Waals surface area contributed by atoms with Crippen molar-refractivity contribution in [2.24, 2.45) is 5.92 Å². The minimum Gasteiger partial charge on any atom is -0.0885 e. The second kappa shape index (κ2) is 4.54. The molecule has 0 heterocycles. The van der Waals surface area contributed by atoms with Crippen LogP contribution in [0.2, 0.25) is 0 Å². The zero-order valence-electron chi connectivity index (χ0n) is 6.97. The molecule has 0 aliphatic heterocycles. The highest BCUT2D eigenvalue weighted by Gasteiger charge is 2.04. The van der Waals surface area contributed by atoms with Crippen LogP contribution in [-0.2, 0) is 0 Å². The van der Waals surface area contributed by atoms with Crippen LogP contribution in [-0.4, -0.2) is 0 Å². The maximum atomic E-state index is 2.37. The average molecular weight is 138 g/mol. The van der Waals surface area contributed by atoms with Gasteiger partial charge in [0.1, 0.15) is 0 Å². The van der Waals surface area contributed by atoms with Crippen molar-refractivity contribution in [3.8, 4) is 0 Å². The highest BCUT2D eigenvalue weighted by atomic mass is 14.1. The van der Waals surface area contributed by atoms with E-state index < -0.39 is 0 Å². The van der Waals surface area contributed by atoms with Crippen LogP contribution in [0.4, 0.5) is 0 Å². The van der Waals surface area contributed by atoms with E-state index in [2.05, 4.69) is 19.1 Å². The van der Waals surface area contributed by atoms with Gasteiger partial charge in [-0.25, -0.2) is 0 Å². The van der Waals surface area contributed by atoms with E-state index in [1.54, 1.807) is 0 Å². The Hall–Kier alpha value is -0.260. The molecule has 1 rings (SSSR count). The topological polar surface area (TPSA) is 0 Å². The monoisotopic (exact) mass is 138 g/mol. The van der Waals surface area contributed by atoms with E-state index in [1.807, 2.05) is 0 Å². The molecular weight excluding hydrogens is 120 g/mol. The molecule has 0 nitrogen and oxygen atoms in total. The lowest BCUT2D eigenvalue weighted by Gasteiger charge is -2.13. The van der Waals surface area contributed by atoms with Gasteiger partial charge in [0.2, 0.25) is 0 Å². The lowest BCUT2D eigenvalue weighted by atomic mass is 9.93. The summed E-state index contributed by atoms with van der Waals surface area (Å²) in [5.41, 5.74) is 0. The molecule has 0 amide bonds. The van der Waals surface area contributed by atoms with E-state index in [0.717, 1.165) is 5.92 Å². The maximum absolute atomic E-state index is 2.37. The van der Waals surface area contributed by atoms with Crippen molar-refractivity contribution in [3.63, 3.8) is 0 Å². The van der Waals surface area contributed by atoms with Crippen LogP contribution in [0.25, 0.3) is 0 Å². The fraction of sp³-hybridized carbons (Fsp3) is 0.800. The molecule has 0 heteroatoms. The number of allylic oxidation sites excluding steroid dienone is 2. The van der Waals surface area contributed by atoms with Crippen molar-refractivity contribution in [3.05, 3.63) is 12.2 Å². The number of hydrogen-bond acceptors (Lipinski definition) is 0. The van der Waals surface area contributed by atoms with Gasteiger partial charge >= 0.3 is 0 Å². The highest BCUT2D eigenvalue weighted by molar-refractivity contribution is 4.85. The van der Waals surface area contributed by atoms with Gasteiger partial charge in [0.05, 0.1) is 0 Å². The smallest absolute Gasteiger partial charge is 0.0322 e. The molecule has 0 saturated heterocycles. The van der Waals surface area contributed by atoms with Crippen LogP contribution < -0.4 is 0 Å². The quantitative estimate of drug-likeness (QED) is 0.486. The Kier molecular flexibility index (Phi) is 3.56. The molecule has 0 fully saturated rings. The third-order valence-corrected chi connectivity index (χ3v) is 2.45. The van der Waals surface area contributed by atoms with Gasteiger partial charge in [-0.05, 0) is 25.2 Å². The molecule has 10 heavy (non-hydrogen) atoms. The fourth-order valence-electron chi connectivity index (χ4n) is 1.59. The third-order valence-electron chi connectivity index (χ3n) is 2.45. The summed E-state index contributed by atoms with van der Waals surface area (Å²) in [6.07, 6.45) is 13.0. The maximum Gasteiger partial charge on any atom is -0.0322 e. The van der Waals surface area contributed by atoms with E-state index in [4.69, 9.17) is 0 Å². The van der Waals surface area contributed by atoms with Crippen LogP contribution in [0.15, 0.2) is 12.2 Å². The Balaban J connectivity index is 2.30. The Morgan fingerprint density at radius 3 is 3.00 bits per heavy atom. The predicted octanol–water partition coefficient (Wildman–Crippen LogP) is 3.53. The van der Waals surface area contributed by atoms with Crippen molar-refractivity contribution < 1.29 is 0 Å². The zero-order valence-corrected chi connectivity index (χ0v) is 6.97. The molecule has 1 aliphatic rings. The predicted molar refractivity (Wildman–Crippen MR) is 46.0 cm³/mol. The molecule has 1 aliphatic carbocycles. The van der Waals surface area contributed by atoms with E-state index in [9.17, 15) is 0 Å². The molecule has 1 unspecified atom stereocenters. The molecule has 0 aromatic heterocycles. The van der Waals surface area contributed by atoms with Crippen LogP contribution in [0.1, 0.15) is 45.4 Å². The molecule has 0 bridgehead atoms. The van der Waals surface area contributed by atoms with Gasteiger partial charge in [-0.15, -0.1) is 0 Å². The summed E-state index contributed by atoms with van der Waals surface area (Å²) >= 11 is 0. The van der Waals surface area contributed by atoms with Gasteiger partial charge in [0.25, 0.3) is 0 Å². The van der Waals surface area contributed by atoms with Crippen molar-refractivity contribution in [1.82, 2.24) is 0 Å². The zero-order chi connectivity index (χ0) is 7.23. The first kappa shape index (κ1) is 7.84. The van der Waals surface area contributed by atoms with Gasteiger partial charge in [-0.1, -0.05) is 38.3 Å². The summed E-state index contributed by atoms with van der Waals surface area (Å²) in [4.78, 5) is 0. The minimum atomic E-state index is 0.983. The lowest BCUT2D eigenvalue weighted by Crippen LogP contribution is -1.98. The molecular formula is C10H18. The van der Waals surface area contributed by atoms with E-state index in [1.165, 1.54) is 38.5 Å². The summed E-state index contributed by atoms with van der Waals surface area (Å²) in [5, 5.41) is 0. The van der Waals surface area contributed by atoms with Gasteiger partial charge in [0, 0.05) is 0 Å². The number of rotatable bonds is 1. The van der Waals surface area contributed by atoms with Crippen LogP contribution in [0, 0.1) is 5.92 Å². The summed E-state index contributed by atoms with van der Waals surface area (Å²) in [5.74, 6) is 0.983. The van der Waals surface area contributed by atoms with Crippen molar-refractivity contribution in [2.75, 3.05) is 0 Å². The van der Waals surface area contributed by atoms with Gasteiger partial charge in [-0.3, -0.25) is 0 Å².